The van der Waals surface area contributed by atoms with Crippen molar-refractivity contribution in [1.82, 2.24) is 24.1 Å². The number of carbonyl (C=O) groups is 2. The van der Waals surface area contributed by atoms with E-state index < -0.39 is 0 Å². The number of pyridine rings is 1. The summed E-state index contributed by atoms with van der Waals surface area (Å²) in [5.41, 5.74) is 3.73. The average Bonchev–Trinajstić information content (AvgIpc) is 3.45. The number of carbonyl (C=O) groups excluding carboxylic acids is 1. The maximum atomic E-state index is 13.2. The van der Waals surface area contributed by atoms with Crippen molar-refractivity contribution in [3.05, 3.63) is 51.2 Å². The molecule has 33 heavy (non-hydrogen) atoms. The first-order valence-electron chi connectivity index (χ1n) is 11.8. The second-order valence-electron chi connectivity index (χ2n) is 9.28. The minimum Gasteiger partial charge on any atom is -0.483 e. The Bertz CT molecular complexity index is 1070. The highest BCUT2D eigenvalue weighted by molar-refractivity contribution is 5.92. The Morgan fingerprint density at radius 3 is 2.64 bits per heavy atom. The van der Waals surface area contributed by atoms with Crippen LogP contribution in [0.15, 0.2) is 23.0 Å². The van der Waals surface area contributed by atoms with Gasteiger partial charge >= 0.3 is 0 Å². The highest BCUT2D eigenvalue weighted by atomic mass is 16.3. The summed E-state index contributed by atoms with van der Waals surface area (Å²) in [5, 5.41) is 11.3. The fourth-order valence-electron chi connectivity index (χ4n) is 5.58. The van der Waals surface area contributed by atoms with Gasteiger partial charge in [0.2, 0.25) is 0 Å². The van der Waals surface area contributed by atoms with E-state index in [0.29, 0.717) is 37.8 Å². The van der Waals surface area contributed by atoms with Gasteiger partial charge in [-0.15, -0.1) is 0 Å². The monoisotopic (exact) mass is 455 g/mol. The zero-order chi connectivity index (χ0) is 23.5. The maximum Gasteiger partial charge on any atom is 0.290 e. The Hall–Kier alpha value is -2.94. The van der Waals surface area contributed by atoms with E-state index in [1.165, 1.54) is 12.8 Å². The van der Waals surface area contributed by atoms with E-state index in [1.807, 2.05) is 35.4 Å². The number of aromatic nitrogens is 3. The molecule has 2 aromatic heterocycles. The summed E-state index contributed by atoms with van der Waals surface area (Å²) in [6.07, 6.45) is 3.52. The van der Waals surface area contributed by atoms with Gasteiger partial charge in [0.15, 0.2) is 0 Å². The number of carboxylic acid groups (broad SMARTS) is 1. The van der Waals surface area contributed by atoms with Crippen LogP contribution >= 0.6 is 0 Å². The molecule has 2 fully saturated rings. The number of fused-ring (bicyclic) bond motifs is 4. The Morgan fingerprint density at radius 1 is 1.21 bits per heavy atom. The quantitative estimate of drug-likeness (QED) is 0.707. The molecule has 5 rings (SSSR count). The third kappa shape index (κ3) is 4.73. The number of nitrogens with zero attached hydrogens (tertiary/aromatic N) is 5. The van der Waals surface area contributed by atoms with Crippen LogP contribution in [0, 0.1) is 12.8 Å². The molecule has 178 valence electrons. The Balaban J connectivity index is 0.000000821. The lowest BCUT2D eigenvalue weighted by atomic mass is 9.83. The number of piperidine rings is 1. The molecule has 0 radical (unpaired) electrons. The van der Waals surface area contributed by atoms with E-state index in [2.05, 4.69) is 16.1 Å². The van der Waals surface area contributed by atoms with Crippen molar-refractivity contribution in [3.8, 4) is 0 Å². The highest BCUT2D eigenvalue weighted by Crippen LogP contribution is 2.35. The minimum absolute atomic E-state index is 0.0635. The molecule has 2 atom stereocenters. The predicted molar refractivity (Wildman–Crippen MR) is 123 cm³/mol. The molecule has 2 bridgehead atoms. The number of aryl methyl sites for hydroxylation is 2. The third-order valence-corrected chi connectivity index (χ3v) is 6.98. The summed E-state index contributed by atoms with van der Waals surface area (Å²) in [6, 6.07) is 6.06. The van der Waals surface area contributed by atoms with Crippen LogP contribution < -0.4 is 5.56 Å². The number of rotatable bonds is 4. The van der Waals surface area contributed by atoms with E-state index in [4.69, 9.17) is 9.90 Å². The molecule has 0 spiro atoms. The molecular formula is C24H33N5O4. The van der Waals surface area contributed by atoms with Crippen molar-refractivity contribution in [3.63, 3.8) is 0 Å². The van der Waals surface area contributed by atoms with Crippen LogP contribution in [-0.2, 0) is 24.4 Å². The Labute approximate surface area is 193 Å². The average molecular weight is 456 g/mol. The summed E-state index contributed by atoms with van der Waals surface area (Å²) in [6.45, 7) is 9.43. The number of hydrogen-bond donors (Lipinski definition) is 1. The predicted octanol–water partition coefficient (Wildman–Crippen LogP) is 1.93. The number of likely N-dealkylation sites (tertiary alicyclic amines) is 2. The molecule has 5 heterocycles. The van der Waals surface area contributed by atoms with Crippen molar-refractivity contribution >= 4 is 12.4 Å². The molecule has 0 aromatic carbocycles. The first-order chi connectivity index (χ1) is 15.9. The zero-order valence-corrected chi connectivity index (χ0v) is 19.4. The van der Waals surface area contributed by atoms with E-state index in [0.717, 1.165) is 43.0 Å². The molecule has 1 amide bonds. The number of amides is 1. The van der Waals surface area contributed by atoms with Crippen LogP contribution in [0.4, 0.5) is 0 Å². The fraction of sp³-hybridized carbons (Fsp3) is 0.583. The van der Waals surface area contributed by atoms with Crippen LogP contribution in [0.2, 0.25) is 0 Å². The van der Waals surface area contributed by atoms with E-state index >= 15 is 0 Å². The van der Waals surface area contributed by atoms with Crippen molar-refractivity contribution in [2.45, 2.75) is 58.7 Å². The lowest BCUT2D eigenvalue weighted by Gasteiger charge is -2.43. The summed E-state index contributed by atoms with van der Waals surface area (Å²) in [7, 11) is 0. The summed E-state index contributed by atoms with van der Waals surface area (Å²) < 4.78 is 3.80. The largest absolute Gasteiger partial charge is 0.483 e. The van der Waals surface area contributed by atoms with Gasteiger partial charge in [0.1, 0.15) is 5.69 Å². The fourth-order valence-corrected chi connectivity index (χ4v) is 5.58. The summed E-state index contributed by atoms with van der Waals surface area (Å²) in [5.74, 6) is 0.627. The van der Waals surface area contributed by atoms with Gasteiger partial charge in [-0.25, -0.2) is 0 Å². The van der Waals surface area contributed by atoms with E-state index in [-0.39, 0.29) is 23.9 Å². The van der Waals surface area contributed by atoms with Crippen LogP contribution in [-0.4, -0.2) is 67.8 Å². The molecule has 9 nitrogen and oxygen atoms in total. The van der Waals surface area contributed by atoms with Crippen molar-refractivity contribution < 1.29 is 14.7 Å². The number of hydrogen-bond acceptors (Lipinski definition) is 5. The molecule has 3 aliphatic rings. The van der Waals surface area contributed by atoms with Crippen LogP contribution in [0.3, 0.4) is 0 Å². The van der Waals surface area contributed by atoms with Gasteiger partial charge in [0.25, 0.3) is 17.9 Å². The molecule has 1 N–H and O–H groups in total. The minimum atomic E-state index is -0.250. The molecule has 2 saturated heterocycles. The van der Waals surface area contributed by atoms with Gasteiger partial charge in [0.05, 0.1) is 5.69 Å². The van der Waals surface area contributed by atoms with Gasteiger partial charge in [-0.05, 0) is 64.3 Å². The Morgan fingerprint density at radius 2 is 1.94 bits per heavy atom. The van der Waals surface area contributed by atoms with Gasteiger partial charge in [0, 0.05) is 49.9 Å². The van der Waals surface area contributed by atoms with Gasteiger partial charge in [-0.3, -0.25) is 24.0 Å². The molecule has 0 aliphatic carbocycles. The first kappa shape index (κ1) is 23.2. The van der Waals surface area contributed by atoms with Crippen molar-refractivity contribution in [2.24, 2.45) is 5.92 Å². The molecular weight excluding hydrogens is 422 g/mol. The maximum absolute atomic E-state index is 13.2. The van der Waals surface area contributed by atoms with Crippen LogP contribution in [0.1, 0.15) is 59.5 Å². The smallest absolute Gasteiger partial charge is 0.290 e. The molecule has 0 saturated carbocycles. The lowest BCUT2D eigenvalue weighted by Crippen LogP contribution is -2.49. The second kappa shape index (κ2) is 9.91. The SMILES string of the molecule is CCn1nc(C)cc1C(=O)N1C[C@@H]2C[C@H](C1)c1ccc(CN3CCCC3)c(=O)n1C2.O=CO. The normalized spacial score (nSPS) is 21.8. The van der Waals surface area contributed by atoms with E-state index in [1.54, 1.807) is 4.68 Å². The van der Waals surface area contributed by atoms with Gasteiger partial charge < -0.3 is 14.6 Å². The lowest BCUT2D eigenvalue weighted by molar-refractivity contribution is -0.122. The molecule has 9 heteroatoms. The van der Waals surface area contributed by atoms with Crippen LogP contribution in [0.25, 0.3) is 0 Å². The summed E-state index contributed by atoms with van der Waals surface area (Å²) >= 11 is 0. The third-order valence-electron chi connectivity index (χ3n) is 6.98. The highest BCUT2D eigenvalue weighted by Gasteiger charge is 2.37. The Kier molecular flexibility index (Phi) is 6.97. The molecule has 0 unspecified atom stereocenters. The molecule has 2 aromatic rings. The summed E-state index contributed by atoms with van der Waals surface area (Å²) in [4.78, 5) is 39.2. The first-order valence-corrected chi connectivity index (χ1v) is 11.8. The second-order valence-corrected chi connectivity index (χ2v) is 9.28. The van der Waals surface area contributed by atoms with Crippen molar-refractivity contribution in [2.75, 3.05) is 26.2 Å². The molecule has 3 aliphatic heterocycles. The van der Waals surface area contributed by atoms with Crippen molar-refractivity contribution in [1.29, 1.82) is 0 Å². The topological polar surface area (TPSA) is 101 Å². The van der Waals surface area contributed by atoms with Crippen LogP contribution in [0.5, 0.6) is 0 Å². The van der Waals surface area contributed by atoms with Gasteiger partial charge in [-0.2, -0.15) is 5.10 Å². The zero-order valence-electron chi connectivity index (χ0n) is 19.4. The van der Waals surface area contributed by atoms with Gasteiger partial charge in [-0.1, -0.05) is 6.07 Å². The van der Waals surface area contributed by atoms with E-state index in [9.17, 15) is 9.59 Å². The standard InChI is InChI=1S/C23H31N5O2.CH2O2/c1-3-28-21(10-16(2)24-28)23(30)26-12-17-11-19(15-26)20-7-6-18(22(29)27(20)13-17)14-25-8-4-5-9-25;2-1-3/h6-7,10,17,19H,3-5,8-9,11-15H2,1-2H3;1H,(H,2,3)/t17-,19+;/m0./s1.